The molecule has 1 aromatic carbocycles. The fraction of sp³-hybridized carbons (Fsp3) is 0.444. The number of rotatable bonds is 6. The second-order valence-electron chi connectivity index (χ2n) is 6.00. The Kier molecular flexibility index (Phi) is 5.66. The van der Waals surface area contributed by atoms with Crippen molar-refractivity contribution < 1.29 is 9.84 Å². The summed E-state index contributed by atoms with van der Waals surface area (Å²) in [4.78, 5) is 11.2. The Balaban J connectivity index is 1.88. The molecule has 1 unspecified atom stereocenters. The third kappa shape index (κ3) is 4.04. The molecule has 1 atom stereocenters. The van der Waals surface area contributed by atoms with Crippen molar-refractivity contribution in [2.45, 2.75) is 25.8 Å². The average Bonchev–Trinajstić information content (AvgIpc) is 3.10. The standard InChI is InChI=1S/C18H22ClN3O2/c1-13-20-17(15-6-9-24-12-15)10-18(21-13)22(7-8-23)11-14-4-2-3-5-16(14)19/h2-5,10,15,23H,6-9,11-12H2,1H3. The van der Waals surface area contributed by atoms with Crippen LogP contribution < -0.4 is 4.90 Å². The summed E-state index contributed by atoms with van der Waals surface area (Å²) in [7, 11) is 0. The van der Waals surface area contributed by atoms with E-state index < -0.39 is 0 Å². The summed E-state index contributed by atoms with van der Waals surface area (Å²) in [6.07, 6.45) is 0.987. The van der Waals surface area contributed by atoms with Crippen molar-refractivity contribution in [2.24, 2.45) is 0 Å². The van der Waals surface area contributed by atoms with Gasteiger partial charge in [0.15, 0.2) is 0 Å². The van der Waals surface area contributed by atoms with Gasteiger partial charge >= 0.3 is 0 Å². The van der Waals surface area contributed by atoms with E-state index in [-0.39, 0.29) is 6.61 Å². The lowest BCUT2D eigenvalue weighted by Gasteiger charge is -2.24. The van der Waals surface area contributed by atoms with Gasteiger partial charge in [0.1, 0.15) is 11.6 Å². The SMILES string of the molecule is Cc1nc(C2CCOC2)cc(N(CCO)Cc2ccccc2Cl)n1. The lowest BCUT2D eigenvalue weighted by atomic mass is 10.0. The Morgan fingerprint density at radius 3 is 2.88 bits per heavy atom. The van der Waals surface area contributed by atoms with Gasteiger partial charge in [-0.05, 0) is 25.0 Å². The van der Waals surface area contributed by atoms with Gasteiger partial charge < -0.3 is 14.7 Å². The van der Waals surface area contributed by atoms with E-state index in [1.54, 1.807) is 0 Å². The van der Waals surface area contributed by atoms with Gasteiger partial charge in [-0.25, -0.2) is 9.97 Å². The minimum atomic E-state index is 0.0510. The number of aliphatic hydroxyl groups excluding tert-OH is 1. The van der Waals surface area contributed by atoms with Gasteiger partial charge in [-0.2, -0.15) is 0 Å². The van der Waals surface area contributed by atoms with Gasteiger partial charge in [-0.3, -0.25) is 0 Å². The summed E-state index contributed by atoms with van der Waals surface area (Å²) >= 11 is 6.28. The molecule has 0 aliphatic carbocycles. The highest BCUT2D eigenvalue weighted by molar-refractivity contribution is 6.31. The van der Waals surface area contributed by atoms with Crippen LogP contribution in [0.4, 0.5) is 5.82 Å². The molecule has 1 aliphatic rings. The predicted molar refractivity (Wildman–Crippen MR) is 94.5 cm³/mol. The van der Waals surface area contributed by atoms with Gasteiger partial charge in [0.25, 0.3) is 0 Å². The van der Waals surface area contributed by atoms with Crippen molar-refractivity contribution >= 4 is 17.4 Å². The first kappa shape index (κ1) is 17.1. The number of benzene rings is 1. The largest absolute Gasteiger partial charge is 0.395 e. The number of aryl methyl sites for hydroxylation is 1. The molecule has 1 aliphatic heterocycles. The van der Waals surface area contributed by atoms with Crippen LogP contribution in [0.5, 0.6) is 0 Å². The summed E-state index contributed by atoms with van der Waals surface area (Å²) in [5, 5.41) is 10.2. The average molecular weight is 348 g/mol. The van der Waals surface area contributed by atoms with E-state index in [1.165, 1.54) is 0 Å². The number of halogens is 1. The molecule has 0 spiro atoms. The number of hydrogen-bond acceptors (Lipinski definition) is 5. The van der Waals surface area contributed by atoms with Gasteiger partial charge in [0.05, 0.1) is 18.9 Å². The van der Waals surface area contributed by atoms with Gasteiger partial charge in [-0.1, -0.05) is 29.8 Å². The molecule has 24 heavy (non-hydrogen) atoms. The Morgan fingerprint density at radius 1 is 1.33 bits per heavy atom. The molecule has 6 heteroatoms. The third-order valence-electron chi connectivity index (χ3n) is 4.21. The van der Waals surface area contributed by atoms with E-state index in [0.29, 0.717) is 25.6 Å². The highest BCUT2D eigenvalue weighted by atomic mass is 35.5. The zero-order valence-corrected chi connectivity index (χ0v) is 14.5. The summed E-state index contributed by atoms with van der Waals surface area (Å²) < 4.78 is 5.48. The molecule has 0 radical (unpaired) electrons. The first-order chi connectivity index (χ1) is 11.7. The first-order valence-corrected chi connectivity index (χ1v) is 8.57. The maximum Gasteiger partial charge on any atom is 0.132 e. The first-order valence-electron chi connectivity index (χ1n) is 8.20. The van der Waals surface area contributed by atoms with E-state index in [1.807, 2.05) is 42.2 Å². The molecule has 1 saturated heterocycles. The maximum atomic E-state index is 9.46. The monoisotopic (exact) mass is 347 g/mol. The number of aromatic nitrogens is 2. The quantitative estimate of drug-likeness (QED) is 0.870. The minimum Gasteiger partial charge on any atom is -0.395 e. The number of hydrogen-bond donors (Lipinski definition) is 1. The van der Waals surface area contributed by atoms with Crippen molar-refractivity contribution in [3.63, 3.8) is 0 Å². The Labute approximate surface area is 147 Å². The molecule has 1 N–H and O–H groups in total. The smallest absolute Gasteiger partial charge is 0.132 e. The summed E-state index contributed by atoms with van der Waals surface area (Å²) in [5.74, 6) is 1.87. The number of nitrogens with zero attached hydrogens (tertiary/aromatic N) is 3. The predicted octanol–water partition coefficient (Wildman–Crippen LogP) is 2.94. The second kappa shape index (κ2) is 7.92. The van der Waals surface area contributed by atoms with E-state index in [4.69, 9.17) is 16.3 Å². The normalized spacial score (nSPS) is 17.2. The third-order valence-corrected chi connectivity index (χ3v) is 4.57. The fourth-order valence-electron chi connectivity index (χ4n) is 2.94. The van der Waals surface area contributed by atoms with Crippen LogP contribution in [0.25, 0.3) is 0 Å². The van der Waals surface area contributed by atoms with Crippen molar-refractivity contribution in [2.75, 3.05) is 31.3 Å². The molecular formula is C18H22ClN3O2. The van der Waals surface area contributed by atoms with Crippen molar-refractivity contribution in [1.29, 1.82) is 0 Å². The molecule has 0 saturated carbocycles. The Hall–Kier alpha value is -1.69. The molecule has 0 bridgehead atoms. The lowest BCUT2D eigenvalue weighted by molar-refractivity contribution is 0.193. The van der Waals surface area contributed by atoms with Crippen LogP contribution >= 0.6 is 11.6 Å². The number of anilines is 1. The van der Waals surface area contributed by atoms with Gasteiger partial charge in [0, 0.05) is 36.7 Å². The molecule has 2 heterocycles. The Morgan fingerprint density at radius 2 is 2.17 bits per heavy atom. The van der Waals surface area contributed by atoms with E-state index in [9.17, 15) is 5.11 Å². The van der Waals surface area contributed by atoms with Crippen LogP contribution in [0, 0.1) is 6.92 Å². The zero-order chi connectivity index (χ0) is 16.9. The van der Waals surface area contributed by atoms with Gasteiger partial charge in [-0.15, -0.1) is 0 Å². The fourth-order valence-corrected chi connectivity index (χ4v) is 3.14. The van der Waals surface area contributed by atoms with Crippen LogP contribution in [0.3, 0.4) is 0 Å². The molecular weight excluding hydrogens is 326 g/mol. The number of aliphatic hydroxyl groups is 1. The molecule has 3 rings (SSSR count). The van der Waals surface area contributed by atoms with Crippen LogP contribution in [-0.2, 0) is 11.3 Å². The van der Waals surface area contributed by atoms with Crippen LogP contribution in [0.1, 0.15) is 29.4 Å². The summed E-state index contributed by atoms with van der Waals surface area (Å²) in [6.45, 7) is 4.52. The molecule has 2 aromatic rings. The van der Waals surface area contributed by atoms with E-state index >= 15 is 0 Å². The van der Waals surface area contributed by atoms with Gasteiger partial charge in [0.2, 0.25) is 0 Å². The van der Waals surface area contributed by atoms with E-state index in [0.717, 1.165) is 40.9 Å². The summed E-state index contributed by atoms with van der Waals surface area (Å²) in [5.41, 5.74) is 2.02. The second-order valence-corrected chi connectivity index (χ2v) is 6.40. The van der Waals surface area contributed by atoms with Crippen molar-refractivity contribution in [3.05, 3.63) is 52.4 Å². The van der Waals surface area contributed by atoms with Crippen molar-refractivity contribution in [3.8, 4) is 0 Å². The molecule has 1 aromatic heterocycles. The molecule has 0 amide bonds. The Bertz CT molecular complexity index is 690. The minimum absolute atomic E-state index is 0.0510. The maximum absolute atomic E-state index is 9.46. The number of ether oxygens (including phenoxy) is 1. The zero-order valence-electron chi connectivity index (χ0n) is 13.8. The molecule has 1 fully saturated rings. The van der Waals surface area contributed by atoms with Crippen LogP contribution in [-0.4, -0.2) is 41.4 Å². The highest BCUT2D eigenvalue weighted by Crippen LogP contribution is 2.27. The highest BCUT2D eigenvalue weighted by Gasteiger charge is 2.21. The van der Waals surface area contributed by atoms with Crippen LogP contribution in [0.2, 0.25) is 5.02 Å². The van der Waals surface area contributed by atoms with E-state index in [2.05, 4.69) is 9.97 Å². The molecule has 5 nitrogen and oxygen atoms in total. The van der Waals surface area contributed by atoms with Crippen LogP contribution in [0.15, 0.2) is 30.3 Å². The summed E-state index contributed by atoms with van der Waals surface area (Å²) in [6, 6.07) is 9.76. The topological polar surface area (TPSA) is 58.5 Å². The molecule has 128 valence electrons. The lowest BCUT2D eigenvalue weighted by Crippen LogP contribution is -2.28. The van der Waals surface area contributed by atoms with Crippen molar-refractivity contribution in [1.82, 2.24) is 9.97 Å².